The summed E-state index contributed by atoms with van der Waals surface area (Å²) in [4.78, 5) is 39.0. The summed E-state index contributed by atoms with van der Waals surface area (Å²) in [6.07, 6.45) is 3.44. The molecule has 0 aromatic rings. The molecule has 5 aliphatic carbocycles. The Morgan fingerprint density at radius 3 is 2.00 bits per heavy atom. The Bertz CT molecular complexity index is 1060. The van der Waals surface area contributed by atoms with Gasteiger partial charge in [0.05, 0.1) is 22.9 Å². The number of aliphatic hydroxyl groups is 1. The number of carbonyl (C=O) groups is 3. The van der Waals surface area contributed by atoms with Crippen LogP contribution in [0, 0.1) is 62.6 Å². The molecular formula is C30H44O7. The molecule has 7 heteroatoms. The van der Waals surface area contributed by atoms with Crippen LogP contribution in [0.25, 0.3) is 0 Å². The number of hydrogen-bond donors (Lipinski definition) is 4. The smallest absolute Gasteiger partial charge is 0.310 e. The molecule has 0 bridgehead atoms. The SMILES string of the molecule is C=C(C)C1CC[C@]2(C(=O)O)CC[C@]3(C(=O)O)C(CCC4[C@]5(C)C(CC[C@]43C)C(C)(C)[C@@H](O)[C@@H]5C(=O)O)C12. The van der Waals surface area contributed by atoms with Crippen LogP contribution in [-0.2, 0) is 14.4 Å². The van der Waals surface area contributed by atoms with Gasteiger partial charge < -0.3 is 20.4 Å². The molecule has 5 fully saturated rings. The van der Waals surface area contributed by atoms with Crippen LogP contribution >= 0.6 is 0 Å². The fraction of sp³-hybridized carbons (Fsp3) is 0.833. The highest BCUT2D eigenvalue weighted by Crippen LogP contribution is 2.79. The van der Waals surface area contributed by atoms with Gasteiger partial charge in [0.2, 0.25) is 0 Å². The predicted molar refractivity (Wildman–Crippen MR) is 136 cm³/mol. The fourth-order valence-electron chi connectivity index (χ4n) is 11.9. The molecule has 0 aromatic heterocycles. The second kappa shape index (κ2) is 7.83. The highest BCUT2D eigenvalue weighted by Gasteiger charge is 2.78. The molecule has 7 nitrogen and oxygen atoms in total. The number of fused-ring (bicyclic) bond motifs is 7. The normalized spacial score (nSPS) is 51.8. The first-order chi connectivity index (χ1) is 17.0. The number of hydrogen-bond acceptors (Lipinski definition) is 4. The summed E-state index contributed by atoms with van der Waals surface area (Å²) in [5, 5.41) is 43.3. The lowest BCUT2D eigenvalue weighted by Gasteiger charge is -2.69. The minimum Gasteiger partial charge on any atom is -0.481 e. The van der Waals surface area contributed by atoms with Gasteiger partial charge in [0, 0.05) is 0 Å². The zero-order valence-electron chi connectivity index (χ0n) is 22.9. The maximum atomic E-state index is 13.6. The summed E-state index contributed by atoms with van der Waals surface area (Å²) < 4.78 is 0. The lowest BCUT2D eigenvalue weighted by atomic mass is 9.33. The molecule has 4 N–H and O–H groups in total. The van der Waals surface area contributed by atoms with Crippen molar-refractivity contribution in [2.45, 2.75) is 92.1 Å². The Morgan fingerprint density at radius 1 is 0.811 bits per heavy atom. The minimum atomic E-state index is -1.13. The Labute approximate surface area is 219 Å². The van der Waals surface area contributed by atoms with Gasteiger partial charge in [-0.15, -0.1) is 0 Å². The summed E-state index contributed by atoms with van der Waals surface area (Å²) in [7, 11) is 0. The van der Waals surface area contributed by atoms with Gasteiger partial charge >= 0.3 is 17.9 Å². The quantitative estimate of drug-likeness (QED) is 0.383. The Kier molecular flexibility index (Phi) is 5.65. The van der Waals surface area contributed by atoms with Gasteiger partial charge in [0.1, 0.15) is 0 Å². The van der Waals surface area contributed by atoms with Crippen molar-refractivity contribution in [3.8, 4) is 0 Å². The lowest BCUT2D eigenvalue weighted by molar-refractivity contribution is -0.239. The number of carboxylic acid groups (broad SMARTS) is 3. The molecular weight excluding hydrogens is 472 g/mol. The molecule has 0 saturated heterocycles. The van der Waals surface area contributed by atoms with Crippen LogP contribution in [0.15, 0.2) is 12.2 Å². The van der Waals surface area contributed by atoms with Crippen LogP contribution in [0.1, 0.15) is 86.0 Å². The van der Waals surface area contributed by atoms with Crippen LogP contribution in [0.2, 0.25) is 0 Å². The van der Waals surface area contributed by atoms with Gasteiger partial charge in [0.25, 0.3) is 0 Å². The van der Waals surface area contributed by atoms with Crippen molar-refractivity contribution in [2.24, 2.45) is 62.6 Å². The third-order valence-electron chi connectivity index (χ3n) is 13.4. The van der Waals surface area contributed by atoms with Crippen molar-refractivity contribution < 1.29 is 34.8 Å². The molecule has 5 saturated carbocycles. The Hall–Kier alpha value is -1.89. The molecule has 11 atom stereocenters. The van der Waals surface area contributed by atoms with E-state index in [4.69, 9.17) is 0 Å². The molecule has 37 heavy (non-hydrogen) atoms. The topological polar surface area (TPSA) is 132 Å². The fourth-order valence-corrected chi connectivity index (χ4v) is 11.9. The first-order valence-electron chi connectivity index (χ1n) is 14.1. The van der Waals surface area contributed by atoms with E-state index in [1.54, 1.807) is 0 Å². The maximum Gasteiger partial charge on any atom is 0.310 e. The number of rotatable bonds is 4. The van der Waals surface area contributed by atoms with Gasteiger partial charge in [-0.1, -0.05) is 39.8 Å². The summed E-state index contributed by atoms with van der Waals surface area (Å²) >= 11 is 0. The van der Waals surface area contributed by atoms with Crippen LogP contribution in [0.3, 0.4) is 0 Å². The predicted octanol–water partition coefficient (Wildman–Crippen LogP) is 5.07. The second-order valence-electron chi connectivity index (χ2n) is 14.4. The molecule has 0 amide bonds. The van der Waals surface area contributed by atoms with Crippen molar-refractivity contribution in [2.75, 3.05) is 0 Å². The van der Waals surface area contributed by atoms with E-state index in [9.17, 15) is 34.8 Å². The van der Waals surface area contributed by atoms with E-state index >= 15 is 0 Å². The highest BCUT2D eigenvalue weighted by molar-refractivity contribution is 5.81. The maximum absolute atomic E-state index is 13.6. The van der Waals surface area contributed by atoms with E-state index in [1.165, 1.54) is 0 Å². The molecule has 5 unspecified atom stereocenters. The van der Waals surface area contributed by atoms with E-state index in [0.717, 1.165) is 12.0 Å². The molecule has 0 spiro atoms. The third-order valence-corrected chi connectivity index (χ3v) is 13.4. The van der Waals surface area contributed by atoms with Gasteiger partial charge in [-0.3, -0.25) is 14.4 Å². The number of aliphatic hydroxyl groups excluding tert-OH is 1. The Morgan fingerprint density at radius 2 is 1.46 bits per heavy atom. The summed E-state index contributed by atoms with van der Waals surface area (Å²) in [5.74, 6) is -4.47. The summed E-state index contributed by atoms with van der Waals surface area (Å²) in [6.45, 7) is 14.1. The third kappa shape index (κ3) is 2.85. The summed E-state index contributed by atoms with van der Waals surface area (Å²) in [6, 6.07) is 0. The zero-order chi connectivity index (χ0) is 27.5. The van der Waals surface area contributed by atoms with Gasteiger partial charge in [0.15, 0.2) is 0 Å². The first kappa shape index (κ1) is 26.7. The number of aliphatic carboxylic acids is 3. The molecule has 0 aromatic carbocycles. The Balaban J connectivity index is 1.69. The molecule has 5 aliphatic rings. The summed E-state index contributed by atoms with van der Waals surface area (Å²) in [5.41, 5.74) is -3.16. The van der Waals surface area contributed by atoms with Gasteiger partial charge in [-0.25, -0.2) is 0 Å². The van der Waals surface area contributed by atoms with E-state index < -0.39 is 57.0 Å². The van der Waals surface area contributed by atoms with Crippen molar-refractivity contribution in [3.05, 3.63) is 12.2 Å². The molecule has 0 radical (unpaired) electrons. The number of carboxylic acids is 3. The van der Waals surface area contributed by atoms with Crippen LogP contribution in [0.5, 0.6) is 0 Å². The molecule has 0 aliphatic heterocycles. The van der Waals surface area contributed by atoms with Crippen molar-refractivity contribution in [3.63, 3.8) is 0 Å². The average Bonchev–Trinajstić information content (AvgIpc) is 3.26. The monoisotopic (exact) mass is 516 g/mol. The van der Waals surface area contributed by atoms with E-state index in [1.807, 2.05) is 27.7 Å². The van der Waals surface area contributed by atoms with E-state index in [0.29, 0.717) is 44.9 Å². The van der Waals surface area contributed by atoms with Gasteiger partial charge in [-0.2, -0.15) is 0 Å². The average molecular weight is 517 g/mol. The largest absolute Gasteiger partial charge is 0.481 e. The second-order valence-corrected chi connectivity index (χ2v) is 14.4. The van der Waals surface area contributed by atoms with E-state index in [2.05, 4.69) is 13.5 Å². The van der Waals surface area contributed by atoms with Crippen LogP contribution < -0.4 is 0 Å². The molecule has 206 valence electrons. The van der Waals surface area contributed by atoms with Crippen molar-refractivity contribution in [1.29, 1.82) is 0 Å². The first-order valence-corrected chi connectivity index (χ1v) is 14.1. The van der Waals surface area contributed by atoms with Gasteiger partial charge in [-0.05, 0) is 104 Å². The molecule has 5 rings (SSSR count). The number of allylic oxidation sites excluding steroid dienone is 1. The van der Waals surface area contributed by atoms with Crippen LogP contribution in [-0.4, -0.2) is 44.4 Å². The highest BCUT2D eigenvalue weighted by atomic mass is 16.4. The standard InChI is InChI=1S/C30H44O7/c1-15(2)16-9-12-29(24(34)35)13-14-30(25(36)37)17(20(16)29)7-8-19-27(30,5)11-10-18-26(3,4)22(31)21(23(32)33)28(18,19)6/h16-22,31H,1,7-14H2,2-6H3,(H,32,33)(H,34,35)(H,36,37)/t16?,17?,18?,19?,20?,21-,22+,27-,28+,29+,30-/m1/s1. The van der Waals surface area contributed by atoms with Crippen molar-refractivity contribution in [1.82, 2.24) is 0 Å². The lowest BCUT2D eigenvalue weighted by Crippen LogP contribution is -2.68. The van der Waals surface area contributed by atoms with Crippen molar-refractivity contribution >= 4 is 17.9 Å². The van der Waals surface area contributed by atoms with E-state index in [-0.39, 0.29) is 29.6 Å². The molecule has 0 heterocycles. The zero-order valence-corrected chi connectivity index (χ0v) is 22.9. The van der Waals surface area contributed by atoms with Crippen LogP contribution in [0.4, 0.5) is 0 Å². The minimum absolute atomic E-state index is 0.0220.